The Labute approximate surface area is 98.1 Å². The highest BCUT2D eigenvalue weighted by atomic mass is 16.1. The SMILES string of the molecule is CCCNC(C)C(=O)c1ccc(C)c(C)c1. The zero-order valence-corrected chi connectivity index (χ0v) is 10.6. The minimum atomic E-state index is -0.0953. The van der Waals surface area contributed by atoms with E-state index in [0.29, 0.717) is 0 Å². The Morgan fingerprint density at radius 2 is 2.00 bits per heavy atom. The van der Waals surface area contributed by atoms with E-state index in [1.807, 2.05) is 32.0 Å². The fourth-order valence-electron chi connectivity index (χ4n) is 1.60. The zero-order valence-electron chi connectivity index (χ0n) is 10.6. The first kappa shape index (κ1) is 12.9. The number of benzene rings is 1. The van der Waals surface area contributed by atoms with Gasteiger partial charge in [-0.05, 0) is 50.9 Å². The minimum absolute atomic E-state index is 0.0953. The maximum Gasteiger partial charge on any atom is 0.179 e. The first-order chi connectivity index (χ1) is 7.56. The van der Waals surface area contributed by atoms with Gasteiger partial charge in [0.05, 0.1) is 6.04 Å². The molecule has 0 spiro atoms. The van der Waals surface area contributed by atoms with Crippen molar-refractivity contribution in [3.63, 3.8) is 0 Å². The van der Waals surface area contributed by atoms with E-state index in [0.717, 1.165) is 18.5 Å². The molecule has 2 heteroatoms. The number of carbonyl (C=O) groups is 1. The number of Topliss-reactive ketones (excluding diaryl/α,β-unsaturated/α-hetero) is 1. The third kappa shape index (κ3) is 3.17. The molecule has 0 radical (unpaired) electrons. The summed E-state index contributed by atoms with van der Waals surface area (Å²) in [7, 11) is 0. The first-order valence-electron chi connectivity index (χ1n) is 5.91. The van der Waals surface area contributed by atoms with Gasteiger partial charge in [0.2, 0.25) is 0 Å². The Balaban J connectivity index is 2.76. The van der Waals surface area contributed by atoms with Gasteiger partial charge in [-0.25, -0.2) is 0 Å². The van der Waals surface area contributed by atoms with Crippen molar-refractivity contribution < 1.29 is 4.79 Å². The van der Waals surface area contributed by atoms with Crippen LogP contribution in [-0.2, 0) is 0 Å². The van der Waals surface area contributed by atoms with E-state index in [9.17, 15) is 4.79 Å². The van der Waals surface area contributed by atoms with Gasteiger partial charge in [0.25, 0.3) is 0 Å². The predicted octanol–water partition coefficient (Wildman–Crippen LogP) is 2.87. The van der Waals surface area contributed by atoms with Crippen LogP contribution >= 0.6 is 0 Å². The van der Waals surface area contributed by atoms with Crippen molar-refractivity contribution in [2.75, 3.05) is 6.54 Å². The third-order valence-corrected chi connectivity index (χ3v) is 2.89. The van der Waals surface area contributed by atoms with Crippen molar-refractivity contribution in [3.8, 4) is 0 Å². The predicted molar refractivity (Wildman–Crippen MR) is 68.0 cm³/mol. The second-order valence-electron chi connectivity index (χ2n) is 4.34. The van der Waals surface area contributed by atoms with E-state index in [4.69, 9.17) is 0 Å². The van der Waals surface area contributed by atoms with Crippen molar-refractivity contribution in [2.45, 2.75) is 40.2 Å². The molecule has 0 amide bonds. The molecule has 1 aromatic carbocycles. The first-order valence-corrected chi connectivity index (χ1v) is 5.91. The van der Waals surface area contributed by atoms with Crippen LogP contribution in [0.15, 0.2) is 18.2 Å². The summed E-state index contributed by atoms with van der Waals surface area (Å²) in [5.41, 5.74) is 3.21. The normalized spacial score (nSPS) is 12.5. The number of hydrogen-bond acceptors (Lipinski definition) is 2. The summed E-state index contributed by atoms with van der Waals surface area (Å²) in [6, 6.07) is 5.80. The second kappa shape index (κ2) is 5.80. The molecule has 0 aromatic heterocycles. The van der Waals surface area contributed by atoms with Crippen LogP contribution in [-0.4, -0.2) is 18.4 Å². The largest absolute Gasteiger partial charge is 0.307 e. The maximum atomic E-state index is 12.1. The quantitative estimate of drug-likeness (QED) is 0.771. The number of rotatable bonds is 5. The molecule has 0 saturated carbocycles. The Morgan fingerprint density at radius 3 is 2.56 bits per heavy atom. The fourth-order valence-corrected chi connectivity index (χ4v) is 1.60. The molecule has 1 atom stereocenters. The molecular formula is C14H21NO. The van der Waals surface area contributed by atoms with Gasteiger partial charge in [-0.15, -0.1) is 0 Å². The topological polar surface area (TPSA) is 29.1 Å². The van der Waals surface area contributed by atoms with Gasteiger partial charge in [-0.1, -0.05) is 19.1 Å². The summed E-state index contributed by atoms with van der Waals surface area (Å²) in [5.74, 6) is 0.177. The smallest absolute Gasteiger partial charge is 0.179 e. The minimum Gasteiger partial charge on any atom is -0.307 e. The molecule has 0 aliphatic heterocycles. The summed E-state index contributed by atoms with van der Waals surface area (Å²) >= 11 is 0. The van der Waals surface area contributed by atoms with Crippen LogP contribution in [0.25, 0.3) is 0 Å². The lowest BCUT2D eigenvalue weighted by atomic mass is 10.0. The molecule has 0 fully saturated rings. The number of hydrogen-bond donors (Lipinski definition) is 1. The Hall–Kier alpha value is -1.15. The van der Waals surface area contributed by atoms with E-state index in [2.05, 4.69) is 19.2 Å². The van der Waals surface area contributed by atoms with Crippen LogP contribution in [0.2, 0.25) is 0 Å². The van der Waals surface area contributed by atoms with Crippen LogP contribution in [0, 0.1) is 13.8 Å². The van der Waals surface area contributed by atoms with Crippen molar-refractivity contribution in [2.24, 2.45) is 0 Å². The van der Waals surface area contributed by atoms with Gasteiger partial charge in [0.1, 0.15) is 0 Å². The Bertz CT molecular complexity index is 371. The van der Waals surface area contributed by atoms with Gasteiger partial charge < -0.3 is 5.32 Å². The van der Waals surface area contributed by atoms with Crippen LogP contribution in [0.4, 0.5) is 0 Å². The monoisotopic (exact) mass is 219 g/mol. The highest BCUT2D eigenvalue weighted by Gasteiger charge is 2.14. The molecule has 1 N–H and O–H groups in total. The average Bonchev–Trinajstić information content (AvgIpc) is 2.28. The number of nitrogens with one attached hydrogen (secondary N) is 1. The zero-order chi connectivity index (χ0) is 12.1. The van der Waals surface area contributed by atoms with Crippen LogP contribution in [0.1, 0.15) is 41.8 Å². The van der Waals surface area contributed by atoms with Crippen molar-refractivity contribution in [1.82, 2.24) is 5.32 Å². The van der Waals surface area contributed by atoms with Gasteiger partial charge in [-0.3, -0.25) is 4.79 Å². The highest BCUT2D eigenvalue weighted by Crippen LogP contribution is 2.11. The Morgan fingerprint density at radius 1 is 1.31 bits per heavy atom. The molecular weight excluding hydrogens is 198 g/mol. The highest BCUT2D eigenvalue weighted by molar-refractivity contribution is 6.00. The van der Waals surface area contributed by atoms with Crippen LogP contribution in [0.3, 0.4) is 0 Å². The van der Waals surface area contributed by atoms with Crippen LogP contribution < -0.4 is 5.32 Å². The standard InChI is InChI=1S/C14H21NO/c1-5-8-15-12(4)14(16)13-7-6-10(2)11(3)9-13/h6-7,9,12,15H,5,8H2,1-4H3. The molecule has 2 nitrogen and oxygen atoms in total. The van der Waals surface area contributed by atoms with Gasteiger partial charge in [-0.2, -0.15) is 0 Å². The van der Waals surface area contributed by atoms with Crippen LogP contribution in [0.5, 0.6) is 0 Å². The fraction of sp³-hybridized carbons (Fsp3) is 0.500. The lowest BCUT2D eigenvalue weighted by Crippen LogP contribution is -2.34. The maximum absolute atomic E-state index is 12.1. The summed E-state index contributed by atoms with van der Waals surface area (Å²) in [4.78, 5) is 12.1. The summed E-state index contributed by atoms with van der Waals surface area (Å²) in [6.45, 7) is 9.00. The molecule has 1 unspecified atom stereocenters. The molecule has 0 saturated heterocycles. The molecule has 88 valence electrons. The molecule has 1 rings (SSSR count). The molecule has 0 heterocycles. The molecule has 0 aliphatic carbocycles. The summed E-state index contributed by atoms with van der Waals surface area (Å²) < 4.78 is 0. The Kier molecular flexibility index (Phi) is 4.69. The molecule has 1 aromatic rings. The summed E-state index contributed by atoms with van der Waals surface area (Å²) in [6.07, 6.45) is 1.05. The third-order valence-electron chi connectivity index (χ3n) is 2.89. The number of ketones is 1. The van der Waals surface area contributed by atoms with E-state index >= 15 is 0 Å². The van der Waals surface area contributed by atoms with Crippen molar-refractivity contribution >= 4 is 5.78 Å². The lowest BCUT2D eigenvalue weighted by molar-refractivity contribution is 0.0951. The van der Waals surface area contributed by atoms with Gasteiger partial charge in [0, 0.05) is 5.56 Å². The average molecular weight is 219 g/mol. The molecule has 0 aliphatic rings. The lowest BCUT2D eigenvalue weighted by Gasteiger charge is -2.12. The van der Waals surface area contributed by atoms with E-state index in [1.165, 1.54) is 11.1 Å². The van der Waals surface area contributed by atoms with Crippen molar-refractivity contribution in [1.29, 1.82) is 0 Å². The van der Waals surface area contributed by atoms with Gasteiger partial charge in [0.15, 0.2) is 5.78 Å². The second-order valence-corrected chi connectivity index (χ2v) is 4.34. The number of carbonyl (C=O) groups excluding carboxylic acids is 1. The van der Waals surface area contributed by atoms with Gasteiger partial charge >= 0.3 is 0 Å². The number of aryl methyl sites for hydroxylation is 2. The van der Waals surface area contributed by atoms with Crippen molar-refractivity contribution in [3.05, 3.63) is 34.9 Å². The van der Waals surface area contributed by atoms with E-state index in [-0.39, 0.29) is 11.8 Å². The van der Waals surface area contributed by atoms with E-state index < -0.39 is 0 Å². The molecule has 16 heavy (non-hydrogen) atoms. The molecule has 0 bridgehead atoms. The summed E-state index contributed by atoms with van der Waals surface area (Å²) in [5, 5.41) is 3.22. The van der Waals surface area contributed by atoms with E-state index in [1.54, 1.807) is 0 Å².